The van der Waals surface area contributed by atoms with Gasteiger partial charge in [-0.05, 0) is 48.5 Å². The van der Waals surface area contributed by atoms with E-state index in [1.54, 1.807) is 0 Å². The van der Waals surface area contributed by atoms with Gasteiger partial charge >= 0.3 is 0 Å². The maximum atomic E-state index is 5.64. The number of rotatable bonds is 4. The van der Waals surface area contributed by atoms with Crippen LogP contribution in [0.25, 0.3) is 0 Å². The molecule has 0 aliphatic heterocycles. The first-order valence-corrected chi connectivity index (χ1v) is 10.6. The first-order chi connectivity index (χ1) is 16.1. The van der Waals surface area contributed by atoms with Crippen LogP contribution in [0.5, 0.6) is 0 Å². The largest absolute Gasteiger partial charge is 0.195 e. The highest BCUT2D eigenvalue weighted by atomic mass is 14.1. The molecule has 0 radical (unpaired) electrons. The summed E-state index contributed by atoms with van der Waals surface area (Å²) in [4.78, 5) is 0. The Morgan fingerprint density at radius 3 is 0.667 bits per heavy atom. The number of hydrogen-bond acceptors (Lipinski definition) is 0. The normalized spacial score (nSPS) is 10.3. The monoisotopic (exact) mass is 415 g/mol. The summed E-state index contributed by atoms with van der Waals surface area (Å²) in [5.74, 6) is 10.8. The molecule has 0 aliphatic rings. The predicted molar refractivity (Wildman–Crippen MR) is 142 cm³/mol. The Balaban J connectivity index is 2.11. The second-order valence-corrected chi connectivity index (χ2v) is 7.93. The van der Waals surface area contributed by atoms with Gasteiger partial charge in [-0.2, -0.15) is 21.9 Å². The van der Waals surface area contributed by atoms with Gasteiger partial charge in [-0.15, -0.1) is 25.7 Å². The fourth-order valence-electron chi connectivity index (χ4n) is 4.63. The molecule has 0 N–H and O–H groups in total. The van der Waals surface area contributed by atoms with Crippen molar-refractivity contribution in [1.29, 1.82) is 0 Å². The van der Waals surface area contributed by atoms with Crippen LogP contribution in [-0.2, 0) is 0 Å². The van der Waals surface area contributed by atoms with Crippen molar-refractivity contribution in [3.8, 4) is 49.4 Å². The van der Waals surface area contributed by atoms with E-state index in [-0.39, 0.29) is 0 Å². The van der Waals surface area contributed by atoms with Crippen molar-refractivity contribution < 1.29 is 0 Å². The average Bonchev–Trinajstić information content (AvgIpc) is 2.90. The van der Waals surface area contributed by atoms with Crippen molar-refractivity contribution >= 4 is 28.0 Å². The summed E-state index contributed by atoms with van der Waals surface area (Å²) in [6.07, 6.45) is 21.0. The fourth-order valence-corrected chi connectivity index (χ4v) is 4.63. The fraction of sp³-hybridized carbons (Fsp3) is 0. The zero-order chi connectivity index (χ0) is 23.3. The van der Waals surface area contributed by atoms with Crippen LogP contribution in [0.1, 0.15) is 22.3 Å². The molecule has 1 heteroatoms. The summed E-state index contributed by atoms with van der Waals surface area (Å²) in [5, 5.41) is 0. The van der Waals surface area contributed by atoms with Crippen LogP contribution < -0.4 is 21.9 Å². The summed E-state index contributed by atoms with van der Waals surface area (Å²) in [5.41, 5.74) is 7.84. The van der Waals surface area contributed by atoms with Crippen molar-refractivity contribution in [3.05, 3.63) is 119 Å². The second kappa shape index (κ2) is 9.13. The Labute approximate surface area is 196 Å². The van der Waals surface area contributed by atoms with E-state index in [1.165, 1.54) is 0 Å². The summed E-state index contributed by atoms with van der Waals surface area (Å²) >= 11 is 0. The molecule has 152 valence electrons. The molecule has 0 amide bonds. The van der Waals surface area contributed by atoms with E-state index in [2.05, 4.69) is 72.2 Å². The molecule has 0 fully saturated rings. The molecule has 0 aromatic heterocycles. The van der Waals surface area contributed by atoms with E-state index >= 15 is 0 Å². The molecule has 0 nitrogen and oxygen atoms in total. The summed E-state index contributed by atoms with van der Waals surface area (Å²) in [6, 6.07) is 32.7. The molecular weight excluding hydrogens is 395 g/mol. The van der Waals surface area contributed by atoms with Crippen LogP contribution in [0, 0.1) is 49.4 Å². The first kappa shape index (κ1) is 21.4. The molecular formula is C32H20B-. The van der Waals surface area contributed by atoms with Crippen LogP contribution in [0.4, 0.5) is 0 Å². The highest BCUT2D eigenvalue weighted by Gasteiger charge is 2.31. The molecule has 0 spiro atoms. The minimum absolute atomic E-state index is 0.830. The van der Waals surface area contributed by atoms with E-state index in [0.29, 0.717) is 0 Å². The lowest BCUT2D eigenvalue weighted by molar-refractivity contribution is 1.61. The van der Waals surface area contributed by atoms with E-state index in [1.807, 2.05) is 48.5 Å². The highest BCUT2D eigenvalue weighted by molar-refractivity contribution is 7.19. The molecule has 4 aromatic carbocycles. The van der Waals surface area contributed by atoms with Gasteiger partial charge in [0, 0.05) is 22.3 Å². The van der Waals surface area contributed by atoms with Gasteiger partial charge in [0.25, 0.3) is 0 Å². The van der Waals surface area contributed by atoms with Crippen LogP contribution in [0.3, 0.4) is 0 Å². The zero-order valence-corrected chi connectivity index (χ0v) is 18.1. The molecule has 4 rings (SSSR count). The third kappa shape index (κ3) is 3.82. The van der Waals surface area contributed by atoms with Crippen molar-refractivity contribution in [2.45, 2.75) is 0 Å². The van der Waals surface area contributed by atoms with E-state index in [0.717, 1.165) is 44.1 Å². The molecule has 0 bridgehead atoms. The van der Waals surface area contributed by atoms with Gasteiger partial charge in [0.05, 0.1) is 0 Å². The van der Waals surface area contributed by atoms with Gasteiger partial charge in [0.15, 0.2) is 0 Å². The molecule has 0 atom stereocenters. The van der Waals surface area contributed by atoms with E-state index in [9.17, 15) is 0 Å². The van der Waals surface area contributed by atoms with Crippen LogP contribution in [0.15, 0.2) is 97.1 Å². The quantitative estimate of drug-likeness (QED) is 0.355. The highest BCUT2D eigenvalue weighted by Crippen LogP contribution is 2.12. The molecule has 0 unspecified atom stereocenters. The minimum Gasteiger partial charge on any atom is -0.195 e. The Morgan fingerprint density at radius 1 is 0.333 bits per heavy atom. The molecule has 0 saturated heterocycles. The predicted octanol–water partition coefficient (Wildman–Crippen LogP) is 2.99. The number of terminal acetylenes is 4. The van der Waals surface area contributed by atoms with Crippen molar-refractivity contribution in [2.24, 2.45) is 0 Å². The lowest BCUT2D eigenvalue weighted by atomic mass is 9.13. The topological polar surface area (TPSA) is 0 Å². The van der Waals surface area contributed by atoms with Crippen LogP contribution in [-0.4, -0.2) is 6.15 Å². The van der Waals surface area contributed by atoms with Crippen molar-refractivity contribution in [1.82, 2.24) is 0 Å². The maximum absolute atomic E-state index is 5.64. The maximum Gasteiger partial charge on any atom is 0.108 e. The molecule has 0 heterocycles. The standard InChI is InChI=1S/C32H20B/c1-5-25-9-17-29(18-10-25)33(30-19-11-26(6-2)12-20-30,31-21-13-27(7-3)14-22-31)32-23-15-28(8-4)16-24-32/h1-4,9-24H/q-1. The Morgan fingerprint density at radius 2 is 0.515 bits per heavy atom. The summed E-state index contributed by atoms with van der Waals surface area (Å²) in [6.45, 7) is 0. The van der Waals surface area contributed by atoms with E-state index < -0.39 is 6.15 Å². The Kier molecular flexibility index (Phi) is 5.93. The van der Waals surface area contributed by atoms with Gasteiger partial charge in [0.1, 0.15) is 6.15 Å². The van der Waals surface area contributed by atoms with E-state index in [4.69, 9.17) is 25.7 Å². The zero-order valence-electron chi connectivity index (χ0n) is 18.1. The first-order valence-electron chi connectivity index (χ1n) is 10.6. The summed E-state index contributed by atoms with van der Waals surface area (Å²) in [7, 11) is 0. The minimum atomic E-state index is -1.57. The molecule has 33 heavy (non-hydrogen) atoms. The van der Waals surface area contributed by atoms with Crippen molar-refractivity contribution in [2.75, 3.05) is 0 Å². The lowest BCUT2D eigenvalue weighted by Crippen LogP contribution is -2.74. The van der Waals surface area contributed by atoms with Gasteiger partial charge in [-0.3, -0.25) is 0 Å². The summed E-state index contributed by atoms with van der Waals surface area (Å²) < 4.78 is 0. The Bertz CT molecular complexity index is 1210. The van der Waals surface area contributed by atoms with Gasteiger partial charge in [-0.25, -0.2) is 0 Å². The van der Waals surface area contributed by atoms with Gasteiger partial charge in [0.2, 0.25) is 0 Å². The molecule has 4 aromatic rings. The van der Waals surface area contributed by atoms with Gasteiger partial charge < -0.3 is 0 Å². The molecule has 0 saturated carbocycles. The third-order valence-corrected chi connectivity index (χ3v) is 6.31. The van der Waals surface area contributed by atoms with Crippen LogP contribution in [0.2, 0.25) is 0 Å². The lowest BCUT2D eigenvalue weighted by Gasteiger charge is -2.44. The SMILES string of the molecule is C#Cc1ccc([B-](c2ccc(C#C)cc2)(c2ccc(C#C)cc2)c2ccc(C#C)cc2)cc1. The number of benzene rings is 4. The third-order valence-electron chi connectivity index (χ3n) is 6.31. The van der Waals surface area contributed by atoms with Crippen molar-refractivity contribution in [3.63, 3.8) is 0 Å². The Hall–Kier alpha value is -4.82. The van der Waals surface area contributed by atoms with Gasteiger partial charge in [-0.1, -0.05) is 72.2 Å². The van der Waals surface area contributed by atoms with Crippen LogP contribution >= 0.6 is 0 Å². The molecule has 0 aliphatic carbocycles. The second-order valence-electron chi connectivity index (χ2n) is 7.93. The number of hydrogen-bond donors (Lipinski definition) is 0. The smallest absolute Gasteiger partial charge is 0.108 e. The average molecular weight is 415 g/mol.